The molecule has 15 heavy (non-hydrogen) atoms. The number of para-hydroxylation sites is 1. The smallest absolute Gasteiger partial charge is 0.0588 e. The van der Waals surface area contributed by atoms with Gasteiger partial charge in [0, 0.05) is 18.8 Å². The second kappa shape index (κ2) is 3.53. The highest BCUT2D eigenvalue weighted by atomic mass is 15.3. The van der Waals surface area contributed by atoms with Gasteiger partial charge in [0.05, 0.1) is 6.04 Å². The zero-order valence-electron chi connectivity index (χ0n) is 9.83. The molecule has 1 unspecified atom stereocenters. The van der Waals surface area contributed by atoms with Gasteiger partial charge in [-0.25, -0.2) is 0 Å². The van der Waals surface area contributed by atoms with Gasteiger partial charge in [-0.15, -0.1) is 0 Å². The van der Waals surface area contributed by atoms with Crippen molar-refractivity contribution in [3.05, 3.63) is 29.8 Å². The monoisotopic (exact) mass is 204 g/mol. The molecular formula is C13H20N2. The highest BCUT2D eigenvalue weighted by Crippen LogP contribution is 2.36. The summed E-state index contributed by atoms with van der Waals surface area (Å²) in [5.41, 5.74) is 8.66. The maximum absolute atomic E-state index is 5.68. The normalized spacial score (nSPS) is 20.5. The summed E-state index contributed by atoms with van der Waals surface area (Å²) in [6.45, 7) is 8.65. The molecule has 82 valence electrons. The molecule has 0 aliphatic carbocycles. The van der Waals surface area contributed by atoms with E-state index in [0.717, 1.165) is 13.1 Å². The predicted molar refractivity (Wildman–Crippen MR) is 65.3 cm³/mol. The molecule has 0 amide bonds. The lowest BCUT2D eigenvalue weighted by Crippen LogP contribution is -2.17. The van der Waals surface area contributed by atoms with E-state index in [1.54, 1.807) is 0 Å². The van der Waals surface area contributed by atoms with E-state index in [9.17, 15) is 0 Å². The van der Waals surface area contributed by atoms with Crippen molar-refractivity contribution >= 4 is 5.69 Å². The Kier molecular flexibility index (Phi) is 2.47. The lowest BCUT2D eigenvalue weighted by atomic mass is 9.86. The summed E-state index contributed by atoms with van der Waals surface area (Å²) in [7, 11) is 0. The van der Waals surface area contributed by atoms with Crippen molar-refractivity contribution in [1.82, 2.24) is 0 Å². The van der Waals surface area contributed by atoms with Crippen LogP contribution < -0.4 is 10.6 Å². The molecule has 1 heterocycles. The van der Waals surface area contributed by atoms with Crippen molar-refractivity contribution in [2.75, 3.05) is 18.0 Å². The predicted octanol–water partition coefficient (Wildman–Crippen LogP) is 2.13. The zero-order chi connectivity index (χ0) is 11.1. The van der Waals surface area contributed by atoms with Gasteiger partial charge in [0.25, 0.3) is 0 Å². The zero-order valence-corrected chi connectivity index (χ0v) is 9.83. The second-order valence-electron chi connectivity index (χ2n) is 5.31. The van der Waals surface area contributed by atoms with Crippen molar-refractivity contribution in [1.29, 1.82) is 0 Å². The van der Waals surface area contributed by atoms with E-state index in [0.29, 0.717) is 6.04 Å². The highest BCUT2D eigenvalue weighted by molar-refractivity contribution is 5.61. The van der Waals surface area contributed by atoms with E-state index in [4.69, 9.17) is 5.73 Å². The van der Waals surface area contributed by atoms with E-state index in [1.807, 2.05) is 0 Å². The summed E-state index contributed by atoms with van der Waals surface area (Å²) < 4.78 is 0. The second-order valence-corrected chi connectivity index (χ2v) is 5.31. The molecule has 1 fully saturated rings. The van der Waals surface area contributed by atoms with Gasteiger partial charge in [0.15, 0.2) is 0 Å². The Bertz CT molecular complexity index is 352. The largest absolute Gasteiger partial charge is 0.363 e. The number of benzene rings is 1. The Balaban J connectivity index is 2.32. The van der Waals surface area contributed by atoms with Gasteiger partial charge in [0.1, 0.15) is 0 Å². The molecule has 0 spiro atoms. The van der Waals surface area contributed by atoms with Crippen LogP contribution in [-0.4, -0.2) is 19.1 Å². The van der Waals surface area contributed by atoms with Gasteiger partial charge in [-0.1, -0.05) is 39.0 Å². The summed E-state index contributed by atoms with van der Waals surface area (Å²) in [5, 5.41) is 0. The first kappa shape index (κ1) is 10.5. The summed E-state index contributed by atoms with van der Waals surface area (Å²) >= 11 is 0. The molecule has 1 aliphatic heterocycles. The van der Waals surface area contributed by atoms with Crippen LogP contribution in [0.3, 0.4) is 0 Å². The Morgan fingerprint density at radius 1 is 1.33 bits per heavy atom. The maximum atomic E-state index is 5.68. The van der Waals surface area contributed by atoms with E-state index in [1.165, 1.54) is 11.3 Å². The third kappa shape index (κ3) is 2.00. The van der Waals surface area contributed by atoms with Gasteiger partial charge in [-0.2, -0.15) is 0 Å². The first-order valence-corrected chi connectivity index (χ1v) is 5.60. The van der Waals surface area contributed by atoms with Crippen LogP contribution in [0, 0.1) is 0 Å². The first-order chi connectivity index (χ1) is 7.04. The fraction of sp³-hybridized carbons (Fsp3) is 0.538. The molecule has 1 aromatic rings. The minimum Gasteiger partial charge on any atom is -0.363 e. The summed E-state index contributed by atoms with van der Waals surface area (Å²) in [4.78, 5) is 2.39. The summed E-state index contributed by atoms with van der Waals surface area (Å²) in [5.74, 6) is 0. The molecule has 1 aliphatic rings. The van der Waals surface area contributed by atoms with Crippen LogP contribution in [0.1, 0.15) is 26.3 Å². The molecule has 1 atom stereocenters. The third-order valence-electron chi connectivity index (χ3n) is 3.01. The fourth-order valence-electron chi connectivity index (χ4n) is 2.04. The maximum Gasteiger partial charge on any atom is 0.0588 e. The molecule has 0 saturated carbocycles. The molecular weight excluding hydrogens is 184 g/mol. The number of hydrogen-bond donors (Lipinski definition) is 1. The topological polar surface area (TPSA) is 29.0 Å². The molecule has 0 aromatic heterocycles. The van der Waals surface area contributed by atoms with Crippen molar-refractivity contribution in [3.8, 4) is 0 Å². The number of rotatable bonds is 2. The van der Waals surface area contributed by atoms with Gasteiger partial charge in [0.2, 0.25) is 0 Å². The number of nitrogens with two attached hydrogens (primary N) is 1. The van der Waals surface area contributed by atoms with E-state index < -0.39 is 0 Å². The minimum atomic E-state index is 0.207. The Morgan fingerprint density at radius 3 is 2.53 bits per heavy atom. The molecule has 2 nitrogen and oxygen atoms in total. The van der Waals surface area contributed by atoms with Crippen molar-refractivity contribution in [2.45, 2.75) is 32.2 Å². The van der Waals surface area contributed by atoms with Gasteiger partial charge in [-0.05, 0) is 17.0 Å². The minimum absolute atomic E-state index is 0.207. The SMILES string of the molecule is CC(C)(C)c1ccccc1N1CC1CN. The average molecular weight is 204 g/mol. The Morgan fingerprint density at radius 2 is 2.00 bits per heavy atom. The van der Waals surface area contributed by atoms with Crippen LogP contribution in [0.4, 0.5) is 5.69 Å². The van der Waals surface area contributed by atoms with Crippen molar-refractivity contribution < 1.29 is 0 Å². The Labute approximate surface area is 92.1 Å². The van der Waals surface area contributed by atoms with Gasteiger partial charge in [-0.3, -0.25) is 0 Å². The van der Waals surface area contributed by atoms with Crippen molar-refractivity contribution in [2.24, 2.45) is 5.73 Å². The number of nitrogens with zero attached hydrogens (tertiary/aromatic N) is 1. The highest BCUT2D eigenvalue weighted by Gasteiger charge is 2.35. The Hall–Kier alpha value is -1.02. The third-order valence-corrected chi connectivity index (χ3v) is 3.01. The molecule has 0 radical (unpaired) electrons. The van der Waals surface area contributed by atoms with Gasteiger partial charge >= 0.3 is 0 Å². The van der Waals surface area contributed by atoms with E-state index in [2.05, 4.69) is 49.9 Å². The van der Waals surface area contributed by atoms with E-state index in [-0.39, 0.29) is 5.41 Å². The van der Waals surface area contributed by atoms with Crippen LogP contribution in [0.25, 0.3) is 0 Å². The molecule has 2 rings (SSSR count). The number of hydrogen-bond acceptors (Lipinski definition) is 2. The van der Waals surface area contributed by atoms with Crippen molar-refractivity contribution in [3.63, 3.8) is 0 Å². The summed E-state index contributed by atoms with van der Waals surface area (Å²) in [6, 6.07) is 9.22. The van der Waals surface area contributed by atoms with Crippen LogP contribution >= 0.6 is 0 Å². The van der Waals surface area contributed by atoms with Crippen LogP contribution in [-0.2, 0) is 5.41 Å². The van der Waals surface area contributed by atoms with Gasteiger partial charge < -0.3 is 10.6 Å². The van der Waals surface area contributed by atoms with Crippen LogP contribution in [0.2, 0.25) is 0 Å². The quantitative estimate of drug-likeness (QED) is 0.748. The molecule has 2 N–H and O–H groups in total. The lowest BCUT2D eigenvalue weighted by Gasteiger charge is -2.23. The molecule has 2 heteroatoms. The molecule has 1 saturated heterocycles. The number of anilines is 1. The molecule has 0 bridgehead atoms. The lowest BCUT2D eigenvalue weighted by molar-refractivity contribution is 0.591. The fourth-order valence-corrected chi connectivity index (χ4v) is 2.04. The van der Waals surface area contributed by atoms with Crippen LogP contribution in [0.15, 0.2) is 24.3 Å². The first-order valence-electron chi connectivity index (χ1n) is 5.60. The standard InChI is InChI=1S/C13H20N2/c1-13(2,3)11-6-4-5-7-12(11)15-9-10(15)8-14/h4-7,10H,8-9,14H2,1-3H3. The average Bonchev–Trinajstić information content (AvgIpc) is 2.95. The van der Waals surface area contributed by atoms with E-state index >= 15 is 0 Å². The molecule has 1 aromatic carbocycles. The summed E-state index contributed by atoms with van der Waals surface area (Å²) in [6.07, 6.45) is 0. The van der Waals surface area contributed by atoms with Crippen LogP contribution in [0.5, 0.6) is 0 Å².